The molecule has 2 rings (SSSR count). The quantitative estimate of drug-likeness (QED) is 0.708. The summed E-state index contributed by atoms with van der Waals surface area (Å²) >= 11 is 0. The van der Waals surface area contributed by atoms with E-state index in [0.717, 1.165) is 6.54 Å². The van der Waals surface area contributed by atoms with Crippen LogP contribution in [-0.4, -0.2) is 60.6 Å². The molecule has 0 aromatic heterocycles. The highest BCUT2D eigenvalue weighted by molar-refractivity contribution is 5.84. The molecule has 2 unspecified atom stereocenters. The Balaban J connectivity index is 1.87. The van der Waals surface area contributed by atoms with Crippen molar-refractivity contribution in [2.45, 2.75) is 44.9 Å². The second kappa shape index (κ2) is 5.46. The van der Waals surface area contributed by atoms with Crippen molar-refractivity contribution in [1.82, 2.24) is 15.5 Å². The van der Waals surface area contributed by atoms with Crippen LogP contribution in [0.15, 0.2) is 0 Å². The van der Waals surface area contributed by atoms with Gasteiger partial charge in [-0.15, -0.1) is 0 Å². The monoisotopic (exact) mass is 269 g/mol. The molecule has 6 nitrogen and oxygen atoms in total. The average molecular weight is 269 g/mol. The highest BCUT2D eigenvalue weighted by Crippen LogP contribution is 2.21. The first-order valence-corrected chi connectivity index (χ1v) is 6.81. The molecule has 0 radical (unpaired) electrons. The third-order valence-corrected chi connectivity index (χ3v) is 3.50. The van der Waals surface area contributed by atoms with Crippen LogP contribution in [0.4, 0.5) is 0 Å². The van der Waals surface area contributed by atoms with Gasteiger partial charge in [-0.05, 0) is 20.8 Å². The maximum atomic E-state index is 12.0. The zero-order valence-electron chi connectivity index (χ0n) is 11.9. The summed E-state index contributed by atoms with van der Waals surface area (Å²) in [7, 11) is 0. The third-order valence-electron chi connectivity index (χ3n) is 3.50. The average Bonchev–Trinajstić information content (AvgIpc) is 2.71. The van der Waals surface area contributed by atoms with Gasteiger partial charge in [-0.25, -0.2) is 0 Å². The zero-order chi connectivity index (χ0) is 14.0. The first-order chi connectivity index (χ1) is 8.88. The number of carbonyl (C=O) groups excluding carboxylic acids is 2. The summed E-state index contributed by atoms with van der Waals surface area (Å²) in [6.45, 7) is 8.46. The molecule has 2 saturated heterocycles. The van der Waals surface area contributed by atoms with Gasteiger partial charge in [-0.1, -0.05) is 0 Å². The summed E-state index contributed by atoms with van der Waals surface area (Å²) < 4.78 is 5.40. The Kier molecular flexibility index (Phi) is 4.10. The van der Waals surface area contributed by atoms with Gasteiger partial charge in [0.1, 0.15) is 6.10 Å². The van der Waals surface area contributed by atoms with Crippen molar-refractivity contribution in [2.24, 2.45) is 0 Å². The normalized spacial score (nSPS) is 28.6. The van der Waals surface area contributed by atoms with Crippen LogP contribution < -0.4 is 10.6 Å². The number of nitrogens with zero attached hydrogens (tertiary/aromatic N) is 1. The van der Waals surface area contributed by atoms with Crippen molar-refractivity contribution in [1.29, 1.82) is 0 Å². The van der Waals surface area contributed by atoms with Crippen molar-refractivity contribution in [2.75, 3.05) is 26.2 Å². The largest absolute Gasteiger partial charge is 0.366 e. The van der Waals surface area contributed by atoms with E-state index in [0.29, 0.717) is 26.1 Å². The van der Waals surface area contributed by atoms with Crippen molar-refractivity contribution in [3.8, 4) is 0 Å². The molecule has 0 bridgehead atoms. The van der Waals surface area contributed by atoms with Crippen molar-refractivity contribution < 1.29 is 14.3 Å². The number of likely N-dealkylation sites (tertiary alicyclic amines) is 1. The molecule has 2 aliphatic heterocycles. The molecule has 0 spiro atoms. The lowest BCUT2D eigenvalue weighted by molar-refractivity contribution is -0.134. The fourth-order valence-electron chi connectivity index (χ4n) is 2.48. The van der Waals surface area contributed by atoms with Crippen LogP contribution >= 0.6 is 0 Å². The van der Waals surface area contributed by atoms with Crippen LogP contribution in [0.5, 0.6) is 0 Å². The predicted octanol–water partition coefficient (Wildman–Crippen LogP) is -0.510. The summed E-state index contributed by atoms with van der Waals surface area (Å²) in [4.78, 5) is 25.7. The molecular weight excluding hydrogens is 246 g/mol. The highest BCUT2D eigenvalue weighted by atomic mass is 16.5. The first kappa shape index (κ1) is 14.3. The molecule has 108 valence electrons. The summed E-state index contributed by atoms with van der Waals surface area (Å²) in [5, 5.41) is 6.03. The SMILES string of the molecule is CC(C)(C)N1CC(NC(=O)C2CNCCO2)CC1=O. The van der Waals surface area contributed by atoms with Gasteiger partial charge in [-0.3, -0.25) is 9.59 Å². The summed E-state index contributed by atoms with van der Waals surface area (Å²) in [6, 6.07) is -0.107. The predicted molar refractivity (Wildman–Crippen MR) is 70.6 cm³/mol. The molecular formula is C13H23N3O3. The molecule has 6 heteroatoms. The van der Waals surface area contributed by atoms with Crippen LogP contribution in [0, 0.1) is 0 Å². The van der Waals surface area contributed by atoms with Crippen LogP contribution in [0.3, 0.4) is 0 Å². The molecule has 0 aromatic rings. The van der Waals surface area contributed by atoms with Crippen molar-refractivity contribution in [3.63, 3.8) is 0 Å². The Morgan fingerprint density at radius 3 is 2.74 bits per heavy atom. The zero-order valence-corrected chi connectivity index (χ0v) is 11.9. The minimum atomic E-state index is -0.437. The molecule has 2 fully saturated rings. The molecule has 2 heterocycles. The van der Waals surface area contributed by atoms with Gasteiger partial charge < -0.3 is 20.3 Å². The van der Waals surface area contributed by atoms with Crippen LogP contribution in [0.25, 0.3) is 0 Å². The van der Waals surface area contributed by atoms with E-state index < -0.39 is 6.10 Å². The number of carbonyl (C=O) groups is 2. The van der Waals surface area contributed by atoms with Crippen LogP contribution in [0.2, 0.25) is 0 Å². The molecule has 0 aliphatic carbocycles. The Labute approximate surface area is 113 Å². The molecule has 2 aliphatic rings. The fraction of sp³-hybridized carbons (Fsp3) is 0.846. The van der Waals surface area contributed by atoms with E-state index in [9.17, 15) is 9.59 Å². The van der Waals surface area contributed by atoms with E-state index in [1.165, 1.54) is 0 Å². The van der Waals surface area contributed by atoms with E-state index in [1.54, 1.807) is 0 Å². The number of hydrogen-bond acceptors (Lipinski definition) is 4. The molecule has 0 saturated carbocycles. The van der Waals surface area contributed by atoms with Gasteiger partial charge in [0.2, 0.25) is 5.91 Å². The van der Waals surface area contributed by atoms with Gasteiger partial charge in [0, 0.05) is 31.6 Å². The molecule has 19 heavy (non-hydrogen) atoms. The lowest BCUT2D eigenvalue weighted by Crippen LogP contribution is -2.51. The third kappa shape index (κ3) is 3.45. The number of rotatable bonds is 2. The second-order valence-corrected chi connectivity index (χ2v) is 6.15. The number of amides is 2. The minimum absolute atomic E-state index is 0.0977. The first-order valence-electron chi connectivity index (χ1n) is 6.81. The van der Waals surface area contributed by atoms with Crippen molar-refractivity contribution in [3.05, 3.63) is 0 Å². The number of morpholine rings is 1. The lowest BCUT2D eigenvalue weighted by Gasteiger charge is -2.32. The maximum Gasteiger partial charge on any atom is 0.250 e. The van der Waals surface area contributed by atoms with E-state index in [2.05, 4.69) is 10.6 Å². The van der Waals surface area contributed by atoms with Gasteiger partial charge in [0.05, 0.1) is 12.6 Å². The topological polar surface area (TPSA) is 70.7 Å². The summed E-state index contributed by atoms with van der Waals surface area (Å²) in [5.74, 6) is -0.0266. The molecule has 2 N–H and O–H groups in total. The summed E-state index contributed by atoms with van der Waals surface area (Å²) in [5.41, 5.74) is -0.195. The maximum absolute atomic E-state index is 12.0. The Morgan fingerprint density at radius 1 is 1.47 bits per heavy atom. The van der Waals surface area contributed by atoms with Gasteiger partial charge in [0.25, 0.3) is 5.91 Å². The van der Waals surface area contributed by atoms with Gasteiger partial charge >= 0.3 is 0 Å². The van der Waals surface area contributed by atoms with Gasteiger partial charge in [-0.2, -0.15) is 0 Å². The Bertz CT molecular complexity index is 359. The van der Waals surface area contributed by atoms with Gasteiger partial charge in [0.15, 0.2) is 0 Å². The molecule has 2 atom stereocenters. The summed E-state index contributed by atoms with van der Waals surface area (Å²) in [6.07, 6.45) is -0.0593. The smallest absolute Gasteiger partial charge is 0.250 e. The van der Waals surface area contributed by atoms with Crippen LogP contribution in [-0.2, 0) is 14.3 Å². The van der Waals surface area contributed by atoms with Crippen molar-refractivity contribution >= 4 is 11.8 Å². The number of ether oxygens (including phenoxy) is 1. The van der Waals surface area contributed by atoms with E-state index >= 15 is 0 Å². The fourth-order valence-corrected chi connectivity index (χ4v) is 2.48. The number of nitrogens with one attached hydrogen (secondary N) is 2. The van der Waals surface area contributed by atoms with E-state index in [-0.39, 0.29) is 23.4 Å². The van der Waals surface area contributed by atoms with Crippen LogP contribution in [0.1, 0.15) is 27.2 Å². The minimum Gasteiger partial charge on any atom is -0.366 e. The van der Waals surface area contributed by atoms with E-state index in [1.807, 2.05) is 25.7 Å². The Morgan fingerprint density at radius 2 is 2.21 bits per heavy atom. The van der Waals surface area contributed by atoms with E-state index in [4.69, 9.17) is 4.74 Å². The lowest BCUT2D eigenvalue weighted by atomic mass is 10.1. The standard InChI is InChI=1S/C13H23N3O3/c1-13(2,3)16-8-9(6-11(16)17)15-12(18)10-7-14-4-5-19-10/h9-10,14H,4-8H2,1-3H3,(H,15,18). The second-order valence-electron chi connectivity index (χ2n) is 6.15. The Hall–Kier alpha value is -1.14. The molecule has 2 amide bonds. The molecule has 0 aromatic carbocycles. The number of hydrogen-bond donors (Lipinski definition) is 2. The highest BCUT2D eigenvalue weighted by Gasteiger charge is 2.37.